The summed E-state index contributed by atoms with van der Waals surface area (Å²) in [6.45, 7) is 1.68. The lowest BCUT2D eigenvalue weighted by Crippen LogP contribution is -2.46. The lowest BCUT2D eigenvalue weighted by atomic mass is 10.1. The van der Waals surface area contributed by atoms with Gasteiger partial charge in [-0.05, 0) is 37.6 Å². The van der Waals surface area contributed by atoms with Crippen LogP contribution in [0.25, 0.3) is 33.7 Å². The standard InChI is InChI=1S/C22H21N7O2/c23-20-19(21(30)27-15-4-2-7-24-12-15)28-17(18(29-20)22-26-9-10-31-22)14-5-6-16-13(11-14)3-1-8-25-16/h1,3,5-6,8-11,15,24H,2,4,7,12H2,(H2,23,29)(H,27,30). The van der Waals surface area contributed by atoms with Gasteiger partial charge in [0, 0.05) is 29.7 Å². The number of aromatic nitrogens is 4. The molecule has 0 saturated carbocycles. The first kappa shape index (κ1) is 19.1. The molecule has 1 fully saturated rings. The summed E-state index contributed by atoms with van der Waals surface area (Å²) >= 11 is 0. The van der Waals surface area contributed by atoms with Crippen LogP contribution in [0.5, 0.6) is 0 Å². The zero-order valence-corrected chi connectivity index (χ0v) is 16.7. The number of rotatable bonds is 4. The number of nitrogens with one attached hydrogen (secondary N) is 2. The summed E-state index contributed by atoms with van der Waals surface area (Å²) in [4.78, 5) is 30.6. The molecule has 0 spiro atoms. The fourth-order valence-corrected chi connectivity index (χ4v) is 3.76. The number of nitrogens with two attached hydrogens (primary N) is 1. The van der Waals surface area contributed by atoms with E-state index in [1.807, 2.05) is 30.3 Å². The Labute approximate surface area is 178 Å². The summed E-state index contributed by atoms with van der Waals surface area (Å²) in [6, 6.07) is 9.59. The number of carbonyl (C=O) groups is 1. The Hall–Kier alpha value is -3.85. The molecule has 1 aliphatic rings. The molecule has 9 heteroatoms. The van der Waals surface area contributed by atoms with Crippen LogP contribution in [0.3, 0.4) is 0 Å². The molecule has 1 saturated heterocycles. The quantitative estimate of drug-likeness (QED) is 0.463. The Balaban J connectivity index is 1.60. The maximum atomic E-state index is 13.0. The molecule has 4 aromatic rings. The Morgan fingerprint density at radius 3 is 2.90 bits per heavy atom. The van der Waals surface area contributed by atoms with Crippen molar-refractivity contribution in [1.29, 1.82) is 0 Å². The third-order valence-corrected chi connectivity index (χ3v) is 5.28. The number of carbonyl (C=O) groups excluding carboxylic acids is 1. The minimum atomic E-state index is -0.346. The lowest BCUT2D eigenvalue weighted by Gasteiger charge is -2.23. The molecule has 0 bridgehead atoms. The van der Waals surface area contributed by atoms with Gasteiger partial charge in [0.05, 0.1) is 11.7 Å². The first-order valence-corrected chi connectivity index (χ1v) is 10.1. The summed E-state index contributed by atoms with van der Waals surface area (Å²) in [6.07, 6.45) is 6.64. The molecule has 9 nitrogen and oxygen atoms in total. The number of hydrogen-bond acceptors (Lipinski definition) is 8. The van der Waals surface area contributed by atoms with Crippen LogP contribution in [0, 0.1) is 0 Å². The highest BCUT2D eigenvalue weighted by Crippen LogP contribution is 2.31. The van der Waals surface area contributed by atoms with E-state index in [0.717, 1.165) is 42.4 Å². The minimum absolute atomic E-state index is 0.0284. The van der Waals surface area contributed by atoms with Crippen molar-refractivity contribution in [2.75, 3.05) is 18.8 Å². The number of amides is 1. The van der Waals surface area contributed by atoms with E-state index in [1.54, 1.807) is 6.20 Å². The zero-order chi connectivity index (χ0) is 21.2. The van der Waals surface area contributed by atoms with Gasteiger partial charge in [-0.3, -0.25) is 9.78 Å². The highest BCUT2D eigenvalue weighted by atomic mass is 16.3. The zero-order valence-electron chi connectivity index (χ0n) is 16.7. The van der Waals surface area contributed by atoms with Crippen molar-refractivity contribution in [3.05, 3.63) is 54.7 Å². The molecular weight excluding hydrogens is 394 g/mol. The van der Waals surface area contributed by atoms with Crippen LogP contribution in [0.2, 0.25) is 0 Å². The van der Waals surface area contributed by atoms with Gasteiger partial charge in [0.25, 0.3) is 5.91 Å². The second kappa shape index (κ2) is 8.11. The average Bonchev–Trinajstić information content (AvgIpc) is 3.34. The van der Waals surface area contributed by atoms with E-state index in [2.05, 4.69) is 30.6 Å². The van der Waals surface area contributed by atoms with Crippen molar-refractivity contribution in [1.82, 2.24) is 30.6 Å². The fraction of sp³-hybridized carbons (Fsp3) is 0.227. The highest BCUT2D eigenvalue weighted by molar-refractivity contribution is 5.98. The molecule has 0 aliphatic carbocycles. The van der Waals surface area contributed by atoms with Crippen LogP contribution in [0.1, 0.15) is 23.3 Å². The summed E-state index contributed by atoms with van der Waals surface area (Å²) in [5.41, 5.74) is 8.69. The molecule has 4 heterocycles. The van der Waals surface area contributed by atoms with Crippen LogP contribution in [-0.4, -0.2) is 45.0 Å². The van der Waals surface area contributed by atoms with Gasteiger partial charge in [-0.25, -0.2) is 15.0 Å². The number of anilines is 1. The van der Waals surface area contributed by atoms with E-state index in [4.69, 9.17) is 10.2 Å². The molecule has 1 atom stereocenters. The summed E-state index contributed by atoms with van der Waals surface area (Å²) in [7, 11) is 0. The van der Waals surface area contributed by atoms with Crippen LogP contribution < -0.4 is 16.4 Å². The minimum Gasteiger partial charge on any atom is -0.443 e. The van der Waals surface area contributed by atoms with E-state index >= 15 is 0 Å². The van der Waals surface area contributed by atoms with Gasteiger partial charge in [0.2, 0.25) is 5.89 Å². The number of fused-ring (bicyclic) bond motifs is 1. The largest absolute Gasteiger partial charge is 0.443 e. The molecular formula is C22H21N7O2. The van der Waals surface area contributed by atoms with E-state index in [0.29, 0.717) is 11.4 Å². The van der Waals surface area contributed by atoms with Gasteiger partial charge in [0.1, 0.15) is 12.0 Å². The van der Waals surface area contributed by atoms with E-state index in [9.17, 15) is 4.79 Å². The maximum Gasteiger partial charge on any atom is 0.274 e. The van der Waals surface area contributed by atoms with Gasteiger partial charge in [0.15, 0.2) is 17.2 Å². The number of piperidine rings is 1. The molecule has 31 heavy (non-hydrogen) atoms. The number of nitrogen functional groups attached to an aromatic ring is 1. The number of nitrogens with zero attached hydrogens (tertiary/aromatic N) is 4. The molecule has 1 aromatic carbocycles. The Morgan fingerprint density at radius 1 is 1.16 bits per heavy atom. The van der Waals surface area contributed by atoms with Crippen LogP contribution >= 0.6 is 0 Å². The molecule has 3 aromatic heterocycles. The first-order chi connectivity index (χ1) is 15.2. The van der Waals surface area contributed by atoms with Gasteiger partial charge in [-0.2, -0.15) is 0 Å². The van der Waals surface area contributed by atoms with Crippen molar-refractivity contribution in [2.45, 2.75) is 18.9 Å². The van der Waals surface area contributed by atoms with E-state index in [1.165, 1.54) is 12.5 Å². The predicted molar refractivity (Wildman–Crippen MR) is 116 cm³/mol. The van der Waals surface area contributed by atoms with Crippen LogP contribution in [-0.2, 0) is 0 Å². The molecule has 1 unspecified atom stereocenters. The average molecular weight is 415 g/mol. The van der Waals surface area contributed by atoms with E-state index in [-0.39, 0.29) is 29.4 Å². The summed E-state index contributed by atoms with van der Waals surface area (Å²) < 4.78 is 5.46. The monoisotopic (exact) mass is 415 g/mol. The SMILES string of the molecule is Nc1nc(-c2ncco2)c(-c2ccc3ncccc3c2)nc1C(=O)NC1CCCNC1. The number of benzene rings is 1. The normalized spacial score (nSPS) is 16.3. The predicted octanol–water partition coefficient (Wildman–Crippen LogP) is 2.41. The van der Waals surface area contributed by atoms with Crippen LogP contribution in [0.15, 0.2) is 53.4 Å². The Morgan fingerprint density at radius 2 is 2.10 bits per heavy atom. The third kappa shape index (κ3) is 3.82. The summed E-state index contributed by atoms with van der Waals surface area (Å²) in [5.74, 6) is -0.0362. The fourth-order valence-electron chi connectivity index (χ4n) is 3.76. The lowest BCUT2D eigenvalue weighted by molar-refractivity contribution is 0.0926. The smallest absolute Gasteiger partial charge is 0.274 e. The molecule has 156 valence electrons. The second-order valence-electron chi connectivity index (χ2n) is 7.42. The number of hydrogen-bond donors (Lipinski definition) is 3. The van der Waals surface area contributed by atoms with Gasteiger partial charge in [-0.15, -0.1) is 0 Å². The van der Waals surface area contributed by atoms with E-state index < -0.39 is 0 Å². The number of pyridine rings is 1. The van der Waals surface area contributed by atoms with Gasteiger partial charge in [-0.1, -0.05) is 12.1 Å². The third-order valence-electron chi connectivity index (χ3n) is 5.28. The number of oxazole rings is 1. The molecule has 1 aliphatic heterocycles. The van der Waals surface area contributed by atoms with Crippen molar-refractivity contribution in [2.24, 2.45) is 0 Å². The Bertz CT molecular complexity index is 1230. The molecule has 5 rings (SSSR count). The molecule has 4 N–H and O–H groups in total. The first-order valence-electron chi connectivity index (χ1n) is 10.1. The second-order valence-corrected chi connectivity index (χ2v) is 7.42. The topological polar surface area (TPSA) is 132 Å². The molecule has 1 amide bonds. The van der Waals surface area contributed by atoms with Crippen LogP contribution in [0.4, 0.5) is 5.82 Å². The van der Waals surface area contributed by atoms with Crippen molar-refractivity contribution in [3.8, 4) is 22.8 Å². The summed E-state index contributed by atoms with van der Waals surface area (Å²) in [5, 5.41) is 7.23. The van der Waals surface area contributed by atoms with Gasteiger partial charge < -0.3 is 20.8 Å². The van der Waals surface area contributed by atoms with Crippen molar-refractivity contribution >= 4 is 22.6 Å². The molecule has 0 radical (unpaired) electrons. The Kier molecular flexibility index (Phi) is 5.01. The maximum absolute atomic E-state index is 13.0. The highest BCUT2D eigenvalue weighted by Gasteiger charge is 2.24. The van der Waals surface area contributed by atoms with Crippen molar-refractivity contribution < 1.29 is 9.21 Å². The van der Waals surface area contributed by atoms with Gasteiger partial charge >= 0.3 is 0 Å². The van der Waals surface area contributed by atoms with Crippen molar-refractivity contribution in [3.63, 3.8) is 0 Å².